The number of fused-ring (bicyclic) bond motifs is 2. The SMILES string of the molecule is CCCn1c(SCC(=O)Nc2nc3ccc(OC)cc3s2)nc2cc(S(N)(=O)=O)ccc21. The van der Waals surface area contributed by atoms with E-state index in [9.17, 15) is 13.2 Å². The monoisotopic (exact) mass is 491 g/mol. The van der Waals surface area contributed by atoms with Crippen LogP contribution in [0.1, 0.15) is 13.3 Å². The second-order valence-electron chi connectivity index (χ2n) is 6.93. The van der Waals surface area contributed by atoms with Crippen LogP contribution >= 0.6 is 23.1 Å². The third-order valence-corrected chi connectivity index (χ3v) is 7.46. The number of sulfonamides is 1. The van der Waals surface area contributed by atoms with E-state index in [-0.39, 0.29) is 16.6 Å². The highest BCUT2D eigenvalue weighted by atomic mass is 32.2. The Hall–Kier alpha value is -2.67. The summed E-state index contributed by atoms with van der Waals surface area (Å²) >= 11 is 2.66. The van der Waals surface area contributed by atoms with E-state index in [0.29, 0.717) is 22.3 Å². The number of nitrogens with zero attached hydrogens (tertiary/aromatic N) is 3. The number of thioether (sulfide) groups is 1. The number of carbonyl (C=O) groups excluding carboxylic acids is 1. The molecule has 0 radical (unpaired) electrons. The standard InChI is InChI=1S/C20H21N5O4S3/c1-3-8-25-16-7-5-13(32(21,27)28)10-15(16)23-20(25)30-11-18(26)24-19-22-14-6-4-12(29-2)9-17(14)31-19/h4-7,9-10H,3,8,11H2,1-2H3,(H2,21,27,28)(H,22,24,26). The summed E-state index contributed by atoms with van der Waals surface area (Å²) < 4.78 is 31.4. The molecule has 0 saturated heterocycles. The lowest BCUT2D eigenvalue weighted by Crippen LogP contribution is -2.14. The number of nitrogens with one attached hydrogen (secondary N) is 1. The predicted octanol–water partition coefficient (Wildman–Crippen LogP) is 3.44. The largest absolute Gasteiger partial charge is 0.497 e. The quantitative estimate of drug-likeness (QED) is 0.361. The van der Waals surface area contributed by atoms with Gasteiger partial charge in [-0.2, -0.15) is 0 Å². The number of hydrogen-bond donors (Lipinski definition) is 2. The molecule has 0 fully saturated rings. The highest BCUT2D eigenvalue weighted by Gasteiger charge is 2.16. The molecular weight excluding hydrogens is 470 g/mol. The molecule has 2 heterocycles. The van der Waals surface area contributed by atoms with Crippen LogP contribution in [-0.4, -0.2) is 41.7 Å². The van der Waals surface area contributed by atoms with Gasteiger partial charge in [0.25, 0.3) is 0 Å². The van der Waals surface area contributed by atoms with Crippen LogP contribution in [0.2, 0.25) is 0 Å². The summed E-state index contributed by atoms with van der Waals surface area (Å²) in [6, 6.07) is 10.2. The minimum absolute atomic E-state index is 0.00732. The van der Waals surface area contributed by atoms with E-state index < -0.39 is 10.0 Å². The Bertz CT molecular complexity index is 1410. The van der Waals surface area contributed by atoms with Gasteiger partial charge in [0, 0.05) is 6.54 Å². The molecule has 0 atom stereocenters. The van der Waals surface area contributed by atoms with Gasteiger partial charge in [0.2, 0.25) is 15.9 Å². The highest BCUT2D eigenvalue weighted by molar-refractivity contribution is 7.99. The molecule has 0 aliphatic carbocycles. The summed E-state index contributed by atoms with van der Waals surface area (Å²) in [7, 11) is -2.22. The van der Waals surface area contributed by atoms with Crippen molar-refractivity contribution in [2.45, 2.75) is 29.9 Å². The summed E-state index contributed by atoms with van der Waals surface area (Å²) in [5.41, 5.74) is 2.10. The van der Waals surface area contributed by atoms with E-state index in [0.717, 1.165) is 27.9 Å². The third kappa shape index (κ3) is 4.72. The summed E-state index contributed by atoms with van der Waals surface area (Å²) in [5.74, 6) is 0.658. The molecule has 2 aromatic heterocycles. The molecule has 0 aliphatic rings. The van der Waals surface area contributed by atoms with E-state index in [1.807, 2.05) is 29.7 Å². The number of nitrogens with two attached hydrogens (primary N) is 1. The van der Waals surface area contributed by atoms with Crippen molar-refractivity contribution >= 4 is 65.4 Å². The highest BCUT2D eigenvalue weighted by Crippen LogP contribution is 2.30. The first-order chi connectivity index (χ1) is 15.3. The molecule has 4 rings (SSSR count). The second kappa shape index (κ2) is 9.06. The summed E-state index contributed by atoms with van der Waals surface area (Å²) in [4.78, 5) is 21.5. The predicted molar refractivity (Wildman–Crippen MR) is 127 cm³/mol. The van der Waals surface area contributed by atoms with Crippen LogP contribution in [0, 0.1) is 0 Å². The number of rotatable bonds is 8. The van der Waals surface area contributed by atoms with Crippen LogP contribution < -0.4 is 15.2 Å². The molecule has 12 heteroatoms. The van der Waals surface area contributed by atoms with Gasteiger partial charge in [-0.15, -0.1) is 0 Å². The average molecular weight is 492 g/mol. The first-order valence-corrected chi connectivity index (χ1v) is 13.0. The van der Waals surface area contributed by atoms with Crippen LogP contribution in [0.5, 0.6) is 5.75 Å². The van der Waals surface area contributed by atoms with Crippen molar-refractivity contribution in [1.29, 1.82) is 0 Å². The van der Waals surface area contributed by atoms with E-state index in [4.69, 9.17) is 9.88 Å². The number of ether oxygens (including phenoxy) is 1. The average Bonchev–Trinajstić information content (AvgIpc) is 3.31. The van der Waals surface area contributed by atoms with Gasteiger partial charge < -0.3 is 14.6 Å². The Morgan fingerprint density at radius 2 is 2.03 bits per heavy atom. The maximum Gasteiger partial charge on any atom is 0.238 e. The van der Waals surface area contributed by atoms with Crippen LogP contribution in [-0.2, 0) is 21.4 Å². The minimum atomic E-state index is -3.82. The number of thiazole rings is 1. The Kier molecular flexibility index (Phi) is 6.38. The number of imidazole rings is 1. The van der Waals surface area contributed by atoms with Crippen LogP contribution in [0.4, 0.5) is 5.13 Å². The fourth-order valence-electron chi connectivity index (χ4n) is 3.19. The van der Waals surface area contributed by atoms with Gasteiger partial charge in [0.05, 0.1) is 39.0 Å². The molecular formula is C20H21N5O4S3. The number of aromatic nitrogens is 3. The number of anilines is 1. The minimum Gasteiger partial charge on any atom is -0.497 e. The lowest BCUT2D eigenvalue weighted by atomic mass is 10.3. The summed E-state index contributed by atoms with van der Waals surface area (Å²) in [5, 5.41) is 9.21. The number of aryl methyl sites for hydroxylation is 1. The van der Waals surface area contributed by atoms with Gasteiger partial charge in [-0.25, -0.2) is 23.5 Å². The van der Waals surface area contributed by atoms with Gasteiger partial charge in [0.15, 0.2) is 10.3 Å². The van der Waals surface area contributed by atoms with E-state index in [2.05, 4.69) is 15.3 Å². The lowest BCUT2D eigenvalue weighted by molar-refractivity contribution is -0.113. The lowest BCUT2D eigenvalue weighted by Gasteiger charge is -2.07. The zero-order valence-electron chi connectivity index (χ0n) is 17.4. The molecule has 168 valence electrons. The van der Waals surface area contributed by atoms with Crippen molar-refractivity contribution in [2.24, 2.45) is 5.14 Å². The Morgan fingerprint density at radius 3 is 2.75 bits per heavy atom. The molecule has 0 saturated carbocycles. The third-order valence-electron chi connectivity index (χ3n) is 4.63. The molecule has 0 unspecified atom stereocenters. The Morgan fingerprint density at radius 1 is 1.22 bits per heavy atom. The molecule has 2 aromatic carbocycles. The number of amides is 1. The summed E-state index contributed by atoms with van der Waals surface area (Å²) in [6.07, 6.45) is 0.858. The molecule has 9 nitrogen and oxygen atoms in total. The molecule has 0 spiro atoms. The van der Waals surface area contributed by atoms with E-state index in [1.165, 1.54) is 35.2 Å². The fraction of sp³-hybridized carbons (Fsp3) is 0.250. The first-order valence-electron chi connectivity index (χ1n) is 9.69. The van der Waals surface area contributed by atoms with Crippen molar-refractivity contribution in [3.05, 3.63) is 36.4 Å². The van der Waals surface area contributed by atoms with Crippen molar-refractivity contribution in [3.63, 3.8) is 0 Å². The summed E-state index contributed by atoms with van der Waals surface area (Å²) in [6.45, 7) is 2.72. The first kappa shape index (κ1) is 22.5. The zero-order valence-corrected chi connectivity index (χ0v) is 19.8. The number of primary sulfonamides is 1. The van der Waals surface area contributed by atoms with Crippen LogP contribution in [0.25, 0.3) is 21.3 Å². The normalized spacial score (nSPS) is 11.8. The van der Waals surface area contributed by atoms with E-state index in [1.54, 1.807) is 13.2 Å². The number of carbonyl (C=O) groups is 1. The zero-order chi connectivity index (χ0) is 22.9. The second-order valence-corrected chi connectivity index (χ2v) is 10.5. The number of methoxy groups -OCH3 is 1. The Labute approximate surface area is 193 Å². The maximum atomic E-state index is 12.5. The molecule has 0 aliphatic heterocycles. The number of benzene rings is 2. The molecule has 0 bridgehead atoms. The van der Waals surface area contributed by atoms with Gasteiger partial charge in [0.1, 0.15) is 5.75 Å². The molecule has 1 amide bonds. The molecule has 3 N–H and O–H groups in total. The van der Waals surface area contributed by atoms with Crippen molar-refractivity contribution < 1.29 is 17.9 Å². The van der Waals surface area contributed by atoms with Gasteiger partial charge in [-0.05, 0) is 42.8 Å². The van der Waals surface area contributed by atoms with Crippen LogP contribution in [0.3, 0.4) is 0 Å². The molecule has 32 heavy (non-hydrogen) atoms. The van der Waals surface area contributed by atoms with Gasteiger partial charge >= 0.3 is 0 Å². The fourth-order valence-corrected chi connectivity index (χ4v) is 5.47. The van der Waals surface area contributed by atoms with Gasteiger partial charge in [-0.3, -0.25) is 4.79 Å². The topological polar surface area (TPSA) is 129 Å². The maximum absolute atomic E-state index is 12.5. The van der Waals surface area contributed by atoms with Gasteiger partial charge in [-0.1, -0.05) is 30.0 Å². The molecule has 4 aromatic rings. The van der Waals surface area contributed by atoms with Crippen LogP contribution in [0.15, 0.2) is 46.5 Å². The van der Waals surface area contributed by atoms with Crippen molar-refractivity contribution in [1.82, 2.24) is 14.5 Å². The smallest absolute Gasteiger partial charge is 0.238 e. The van der Waals surface area contributed by atoms with Crippen molar-refractivity contribution in [3.8, 4) is 5.75 Å². The van der Waals surface area contributed by atoms with Crippen molar-refractivity contribution in [2.75, 3.05) is 18.2 Å². The van der Waals surface area contributed by atoms with E-state index >= 15 is 0 Å². The number of hydrogen-bond acceptors (Lipinski definition) is 8. The Balaban J connectivity index is 1.51.